The number of carbonyl (C=O) groups is 4. The standard InChI is InChI=1S/C69H116O12/c1-4-7-10-13-16-19-22-25-28-30-31-33-36-39-42-45-48-51-54-57-63(72)80-67-65(74)64(73)66(68(75)76)81-69(67)78-59-60(79-62(71)56-53-50-47-44-41-38-34-27-24-21-18-15-12-9-6-3)58-77-61(70)55-52-49-46-43-40-37-35-32-29-26-23-20-17-14-11-8-5-2/h9,12,17-18,20-21,25-29,34,41,44,60,64-67,69,73-74H,4-8,10-11,13-16,19,22-24,30-33,35-40,42-43,45-59H2,1-3H3,(H,75,76)/b12-9-,20-17-,21-18-,28-25-,29-26-,34-27-,44-41-. The molecule has 0 amide bonds. The fourth-order valence-electron chi connectivity index (χ4n) is 9.44. The van der Waals surface area contributed by atoms with Gasteiger partial charge in [-0.3, -0.25) is 14.4 Å². The summed E-state index contributed by atoms with van der Waals surface area (Å²) in [4.78, 5) is 51.3. The summed E-state index contributed by atoms with van der Waals surface area (Å²) in [7, 11) is 0. The van der Waals surface area contributed by atoms with Crippen molar-refractivity contribution in [1.29, 1.82) is 0 Å². The quantitative estimate of drug-likeness (QED) is 0.0228. The molecule has 12 heteroatoms. The molecule has 0 bridgehead atoms. The Morgan fingerprint density at radius 2 is 0.778 bits per heavy atom. The summed E-state index contributed by atoms with van der Waals surface area (Å²) in [5.74, 6) is -3.18. The number of hydrogen-bond acceptors (Lipinski definition) is 11. The first-order valence-electron chi connectivity index (χ1n) is 32.6. The molecular weight excluding hydrogens is 1020 g/mol. The Bertz CT molecular complexity index is 1730. The molecule has 464 valence electrons. The van der Waals surface area contributed by atoms with Gasteiger partial charge in [0.15, 0.2) is 24.6 Å². The van der Waals surface area contributed by atoms with Crippen LogP contribution in [-0.4, -0.2) is 89.2 Å². The molecule has 81 heavy (non-hydrogen) atoms. The topological polar surface area (TPSA) is 175 Å². The van der Waals surface area contributed by atoms with Gasteiger partial charge >= 0.3 is 23.9 Å². The number of aliphatic hydroxyl groups is 2. The highest BCUT2D eigenvalue weighted by Gasteiger charge is 2.50. The normalized spacial score (nSPS) is 18.3. The van der Waals surface area contributed by atoms with Crippen LogP contribution < -0.4 is 0 Å². The molecule has 0 aromatic rings. The summed E-state index contributed by atoms with van der Waals surface area (Å²) in [6, 6.07) is 0. The number of aliphatic hydroxyl groups excluding tert-OH is 2. The van der Waals surface area contributed by atoms with Gasteiger partial charge in [-0.05, 0) is 116 Å². The van der Waals surface area contributed by atoms with E-state index in [0.717, 1.165) is 109 Å². The molecule has 1 aliphatic heterocycles. The predicted octanol–water partition coefficient (Wildman–Crippen LogP) is 17.5. The minimum Gasteiger partial charge on any atom is -0.479 e. The lowest BCUT2D eigenvalue weighted by Crippen LogP contribution is -2.61. The molecule has 3 N–H and O–H groups in total. The number of carboxylic acids is 1. The molecule has 0 aromatic carbocycles. The molecular formula is C69H116O12. The molecule has 0 aromatic heterocycles. The molecule has 1 rings (SSSR count). The predicted molar refractivity (Wildman–Crippen MR) is 331 cm³/mol. The Balaban J connectivity index is 2.68. The second-order valence-electron chi connectivity index (χ2n) is 22.0. The van der Waals surface area contributed by atoms with E-state index in [1.807, 2.05) is 0 Å². The van der Waals surface area contributed by atoms with Crippen LogP contribution in [0.3, 0.4) is 0 Å². The van der Waals surface area contributed by atoms with Crippen LogP contribution >= 0.6 is 0 Å². The zero-order chi connectivity index (χ0) is 58.9. The van der Waals surface area contributed by atoms with Crippen LogP contribution in [0.25, 0.3) is 0 Å². The first-order valence-corrected chi connectivity index (χ1v) is 32.6. The highest BCUT2D eigenvalue weighted by Crippen LogP contribution is 2.27. The SMILES string of the molecule is CC/C=C\C/C=C\C/C=C\C/C=C\CCCCC(=O)OC(COC(=O)CCCCCCCCC/C=C\C/C=C\CCCCC)COC1OC(C(=O)O)C(O)C(O)C1OC(=O)CCCCCCCCCCC/C=C\CCCCCCCC. The van der Waals surface area contributed by atoms with Gasteiger partial charge in [0, 0.05) is 19.3 Å². The Morgan fingerprint density at radius 3 is 1.25 bits per heavy atom. The van der Waals surface area contributed by atoms with Gasteiger partial charge < -0.3 is 39.0 Å². The van der Waals surface area contributed by atoms with Crippen molar-refractivity contribution in [1.82, 2.24) is 0 Å². The van der Waals surface area contributed by atoms with Gasteiger partial charge in [-0.2, -0.15) is 0 Å². The van der Waals surface area contributed by atoms with E-state index in [2.05, 4.69) is 106 Å². The van der Waals surface area contributed by atoms with E-state index >= 15 is 0 Å². The van der Waals surface area contributed by atoms with E-state index in [1.165, 1.54) is 109 Å². The van der Waals surface area contributed by atoms with Gasteiger partial charge in [0.05, 0.1) is 6.61 Å². The van der Waals surface area contributed by atoms with Crippen LogP contribution in [0.5, 0.6) is 0 Å². The number of carboxylic acid groups (broad SMARTS) is 1. The van der Waals surface area contributed by atoms with E-state index in [9.17, 15) is 34.5 Å². The van der Waals surface area contributed by atoms with Crippen molar-refractivity contribution in [3.8, 4) is 0 Å². The number of carbonyl (C=O) groups excluding carboxylic acids is 3. The molecule has 1 heterocycles. The average Bonchev–Trinajstić information content (AvgIpc) is 3.52. The fraction of sp³-hybridized carbons (Fsp3) is 0.739. The first-order chi connectivity index (χ1) is 39.6. The van der Waals surface area contributed by atoms with Crippen LogP contribution in [0, 0.1) is 0 Å². The summed E-state index contributed by atoms with van der Waals surface area (Å²) in [5.41, 5.74) is 0. The minimum atomic E-state index is -1.91. The summed E-state index contributed by atoms with van der Waals surface area (Å²) >= 11 is 0. The zero-order valence-electron chi connectivity index (χ0n) is 51.3. The van der Waals surface area contributed by atoms with Gasteiger partial charge in [0.1, 0.15) is 18.8 Å². The molecule has 0 saturated carbocycles. The molecule has 6 unspecified atom stereocenters. The summed E-state index contributed by atoms with van der Waals surface area (Å²) in [5, 5.41) is 31.6. The van der Waals surface area contributed by atoms with E-state index in [4.69, 9.17) is 23.7 Å². The van der Waals surface area contributed by atoms with Crippen LogP contribution in [0.15, 0.2) is 85.1 Å². The third kappa shape index (κ3) is 46.0. The molecule has 0 radical (unpaired) electrons. The number of rotatable bonds is 55. The molecule has 12 nitrogen and oxygen atoms in total. The molecule has 0 aliphatic carbocycles. The van der Waals surface area contributed by atoms with Gasteiger partial charge in [0.25, 0.3) is 0 Å². The number of unbranched alkanes of at least 4 members (excludes halogenated alkanes) is 27. The smallest absolute Gasteiger partial charge is 0.335 e. The lowest BCUT2D eigenvalue weighted by molar-refractivity contribution is -0.301. The molecule has 1 saturated heterocycles. The van der Waals surface area contributed by atoms with E-state index in [1.54, 1.807) is 0 Å². The van der Waals surface area contributed by atoms with Crippen molar-refractivity contribution in [3.05, 3.63) is 85.1 Å². The Labute approximate surface area is 492 Å². The van der Waals surface area contributed by atoms with E-state index in [-0.39, 0.29) is 25.9 Å². The van der Waals surface area contributed by atoms with E-state index < -0.39 is 67.3 Å². The lowest BCUT2D eigenvalue weighted by atomic mass is 9.98. The largest absolute Gasteiger partial charge is 0.479 e. The monoisotopic (exact) mass is 1140 g/mol. The highest BCUT2D eigenvalue weighted by atomic mass is 16.7. The molecule has 1 aliphatic rings. The van der Waals surface area contributed by atoms with E-state index in [0.29, 0.717) is 19.3 Å². The minimum absolute atomic E-state index is 0.0504. The third-order valence-corrected chi connectivity index (χ3v) is 14.4. The van der Waals surface area contributed by atoms with Crippen LogP contribution in [0.1, 0.15) is 278 Å². The Morgan fingerprint density at radius 1 is 0.420 bits per heavy atom. The number of esters is 3. The van der Waals surface area contributed by atoms with Crippen molar-refractivity contribution in [2.75, 3.05) is 13.2 Å². The van der Waals surface area contributed by atoms with Crippen molar-refractivity contribution in [2.45, 2.75) is 314 Å². The maximum atomic E-state index is 13.2. The first kappa shape index (κ1) is 74.9. The second kappa shape index (κ2) is 56.4. The summed E-state index contributed by atoms with van der Waals surface area (Å²) < 4.78 is 28.5. The van der Waals surface area contributed by atoms with Crippen LogP contribution in [0.2, 0.25) is 0 Å². The second-order valence-corrected chi connectivity index (χ2v) is 22.0. The number of allylic oxidation sites excluding steroid dienone is 14. The molecule has 1 fully saturated rings. The summed E-state index contributed by atoms with van der Waals surface area (Å²) in [6.07, 6.45) is 61.1. The van der Waals surface area contributed by atoms with Gasteiger partial charge in [-0.25, -0.2) is 4.79 Å². The van der Waals surface area contributed by atoms with Crippen LogP contribution in [0.4, 0.5) is 0 Å². The summed E-state index contributed by atoms with van der Waals surface area (Å²) in [6.45, 7) is 5.83. The van der Waals surface area contributed by atoms with Crippen molar-refractivity contribution in [3.63, 3.8) is 0 Å². The lowest BCUT2D eigenvalue weighted by Gasteiger charge is -2.40. The maximum absolute atomic E-state index is 13.2. The number of ether oxygens (including phenoxy) is 5. The van der Waals surface area contributed by atoms with Gasteiger partial charge in [-0.15, -0.1) is 0 Å². The Kier molecular flexibility index (Phi) is 52.1. The van der Waals surface area contributed by atoms with Crippen molar-refractivity contribution in [2.24, 2.45) is 0 Å². The average molecular weight is 1140 g/mol. The zero-order valence-corrected chi connectivity index (χ0v) is 51.3. The highest BCUT2D eigenvalue weighted by molar-refractivity contribution is 5.74. The molecule has 0 spiro atoms. The number of aliphatic carboxylic acids is 1. The maximum Gasteiger partial charge on any atom is 0.335 e. The number of hydrogen-bond donors (Lipinski definition) is 3. The van der Waals surface area contributed by atoms with Gasteiger partial charge in [-0.1, -0.05) is 228 Å². The van der Waals surface area contributed by atoms with Gasteiger partial charge in [0.2, 0.25) is 0 Å². The van der Waals surface area contributed by atoms with Crippen molar-refractivity contribution < 1.29 is 58.2 Å². The Hall–Kier alpha value is -4.10. The third-order valence-electron chi connectivity index (χ3n) is 14.4. The van der Waals surface area contributed by atoms with Crippen molar-refractivity contribution >= 4 is 23.9 Å². The fourth-order valence-corrected chi connectivity index (χ4v) is 9.44. The molecule has 6 atom stereocenters. The van der Waals surface area contributed by atoms with Crippen LogP contribution in [-0.2, 0) is 42.9 Å².